The average Bonchev–Trinajstić information content (AvgIpc) is 2.04. The molecule has 1 aliphatic rings. The summed E-state index contributed by atoms with van der Waals surface area (Å²) in [5, 5.41) is 0. The van der Waals surface area contributed by atoms with Crippen LogP contribution < -0.4 is 0 Å². The summed E-state index contributed by atoms with van der Waals surface area (Å²) in [5.41, 5.74) is 1.46. The lowest BCUT2D eigenvalue weighted by Crippen LogP contribution is -2.09. The van der Waals surface area contributed by atoms with E-state index in [4.69, 9.17) is 4.74 Å². The molecule has 11 heavy (non-hydrogen) atoms. The van der Waals surface area contributed by atoms with Gasteiger partial charge >= 0.3 is 0 Å². The van der Waals surface area contributed by atoms with Crippen LogP contribution in [0.5, 0.6) is 0 Å². The SMILES string of the molecule is CCC1CCC(OC)=C(C)C1. The molecule has 1 aliphatic carbocycles. The van der Waals surface area contributed by atoms with E-state index < -0.39 is 0 Å². The first-order chi connectivity index (χ1) is 5.27. The molecular weight excluding hydrogens is 136 g/mol. The smallest absolute Gasteiger partial charge is 0.0944 e. The lowest BCUT2D eigenvalue weighted by atomic mass is 9.87. The van der Waals surface area contributed by atoms with E-state index in [9.17, 15) is 0 Å². The Kier molecular flexibility index (Phi) is 2.98. The maximum atomic E-state index is 5.28. The Morgan fingerprint density at radius 2 is 2.27 bits per heavy atom. The maximum absolute atomic E-state index is 5.28. The highest BCUT2D eigenvalue weighted by atomic mass is 16.5. The molecule has 1 atom stereocenters. The zero-order valence-corrected chi connectivity index (χ0v) is 7.81. The number of ether oxygens (including phenoxy) is 1. The maximum Gasteiger partial charge on any atom is 0.0944 e. The van der Waals surface area contributed by atoms with E-state index in [0.29, 0.717) is 0 Å². The summed E-state index contributed by atoms with van der Waals surface area (Å²) in [6.07, 6.45) is 5.03. The van der Waals surface area contributed by atoms with Crippen LogP contribution in [0.25, 0.3) is 0 Å². The number of hydrogen-bond acceptors (Lipinski definition) is 1. The van der Waals surface area contributed by atoms with Gasteiger partial charge in [-0.3, -0.25) is 0 Å². The first-order valence-electron chi connectivity index (χ1n) is 4.50. The third kappa shape index (κ3) is 1.98. The summed E-state index contributed by atoms with van der Waals surface area (Å²) in [6.45, 7) is 4.47. The van der Waals surface area contributed by atoms with Gasteiger partial charge in [0.05, 0.1) is 12.9 Å². The molecule has 0 bridgehead atoms. The van der Waals surface area contributed by atoms with Crippen LogP contribution in [0.3, 0.4) is 0 Å². The van der Waals surface area contributed by atoms with Crippen LogP contribution >= 0.6 is 0 Å². The summed E-state index contributed by atoms with van der Waals surface area (Å²) >= 11 is 0. The zero-order chi connectivity index (χ0) is 8.27. The van der Waals surface area contributed by atoms with Crippen LogP contribution in [0.15, 0.2) is 11.3 Å². The van der Waals surface area contributed by atoms with Gasteiger partial charge in [-0.1, -0.05) is 13.3 Å². The van der Waals surface area contributed by atoms with Gasteiger partial charge in [0.15, 0.2) is 0 Å². The topological polar surface area (TPSA) is 9.23 Å². The molecule has 0 aliphatic heterocycles. The normalized spacial score (nSPS) is 25.5. The van der Waals surface area contributed by atoms with Gasteiger partial charge in [-0.05, 0) is 31.3 Å². The molecule has 0 saturated heterocycles. The lowest BCUT2D eigenvalue weighted by Gasteiger charge is -2.23. The molecule has 0 fully saturated rings. The molecule has 0 spiro atoms. The monoisotopic (exact) mass is 154 g/mol. The van der Waals surface area contributed by atoms with Gasteiger partial charge in [-0.15, -0.1) is 0 Å². The van der Waals surface area contributed by atoms with Gasteiger partial charge in [0, 0.05) is 6.42 Å². The van der Waals surface area contributed by atoms with E-state index in [0.717, 1.165) is 12.3 Å². The minimum Gasteiger partial charge on any atom is -0.501 e. The van der Waals surface area contributed by atoms with Crippen molar-refractivity contribution in [3.63, 3.8) is 0 Å². The third-order valence-electron chi connectivity index (χ3n) is 2.67. The summed E-state index contributed by atoms with van der Waals surface area (Å²) in [4.78, 5) is 0. The van der Waals surface area contributed by atoms with E-state index in [2.05, 4.69) is 13.8 Å². The first kappa shape index (κ1) is 8.63. The van der Waals surface area contributed by atoms with Crippen molar-refractivity contribution in [1.29, 1.82) is 0 Å². The molecule has 0 amide bonds. The largest absolute Gasteiger partial charge is 0.501 e. The Labute approximate surface area is 69.4 Å². The van der Waals surface area contributed by atoms with Crippen LogP contribution in [0, 0.1) is 5.92 Å². The van der Waals surface area contributed by atoms with E-state index in [1.54, 1.807) is 7.11 Å². The highest BCUT2D eigenvalue weighted by Gasteiger charge is 2.16. The van der Waals surface area contributed by atoms with Gasteiger partial charge < -0.3 is 4.74 Å². The second-order valence-electron chi connectivity index (χ2n) is 3.42. The highest BCUT2D eigenvalue weighted by Crippen LogP contribution is 2.30. The predicted octanol–water partition coefficient (Wildman–Crippen LogP) is 3.12. The molecule has 1 heteroatoms. The summed E-state index contributed by atoms with van der Waals surface area (Å²) in [5.74, 6) is 2.14. The number of allylic oxidation sites excluding steroid dienone is 2. The molecule has 0 radical (unpaired) electrons. The Bertz CT molecular complexity index is 158. The average molecular weight is 154 g/mol. The molecule has 1 unspecified atom stereocenters. The van der Waals surface area contributed by atoms with Crippen LogP contribution in [-0.4, -0.2) is 7.11 Å². The molecule has 0 N–H and O–H groups in total. The van der Waals surface area contributed by atoms with E-state index in [1.807, 2.05) is 0 Å². The fourth-order valence-electron chi connectivity index (χ4n) is 1.82. The van der Waals surface area contributed by atoms with E-state index in [1.165, 1.54) is 30.6 Å². The molecular formula is C10H18O. The Balaban J connectivity index is 2.56. The van der Waals surface area contributed by atoms with Gasteiger partial charge in [0.2, 0.25) is 0 Å². The molecule has 64 valence electrons. The predicted molar refractivity (Wildman–Crippen MR) is 47.3 cm³/mol. The van der Waals surface area contributed by atoms with Gasteiger partial charge in [-0.2, -0.15) is 0 Å². The lowest BCUT2D eigenvalue weighted by molar-refractivity contribution is 0.245. The summed E-state index contributed by atoms with van der Waals surface area (Å²) in [6, 6.07) is 0. The summed E-state index contributed by atoms with van der Waals surface area (Å²) in [7, 11) is 1.78. The van der Waals surface area contributed by atoms with Crippen molar-refractivity contribution in [3.05, 3.63) is 11.3 Å². The highest BCUT2D eigenvalue weighted by molar-refractivity contribution is 5.10. The van der Waals surface area contributed by atoms with Crippen molar-refractivity contribution in [1.82, 2.24) is 0 Å². The molecule has 0 saturated carbocycles. The van der Waals surface area contributed by atoms with E-state index >= 15 is 0 Å². The second-order valence-corrected chi connectivity index (χ2v) is 3.42. The number of methoxy groups -OCH3 is 1. The zero-order valence-electron chi connectivity index (χ0n) is 7.81. The van der Waals surface area contributed by atoms with Crippen LogP contribution in [0.4, 0.5) is 0 Å². The van der Waals surface area contributed by atoms with Crippen molar-refractivity contribution in [3.8, 4) is 0 Å². The van der Waals surface area contributed by atoms with Crippen molar-refractivity contribution in [2.45, 2.75) is 39.5 Å². The van der Waals surface area contributed by atoms with Gasteiger partial charge in [0.1, 0.15) is 0 Å². The van der Waals surface area contributed by atoms with Crippen molar-refractivity contribution < 1.29 is 4.74 Å². The Morgan fingerprint density at radius 1 is 1.55 bits per heavy atom. The van der Waals surface area contributed by atoms with E-state index in [-0.39, 0.29) is 0 Å². The van der Waals surface area contributed by atoms with Crippen LogP contribution in [0.2, 0.25) is 0 Å². The fourth-order valence-corrected chi connectivity index (χ4v) is 1.82. The molecule has 0 aromatic heterocycles. The van der Waals surface area contributed by atoms with Crippen LogP contribution in [-0.2, 0) is 4.74 Å². The Hall–Kier alpha value is -0.460. The van der Waals surface area contributed by atoms with Crippen LogP contribution in [0.1, 0.15) is 39.5 Å². The number of rotatable bonds is 2. The Morgan fingerprint density at radius 3 is 2.73 bits per heavy atom. The molecule has 0 aromatic rings. The quantitative estimate of drug-likeness (QED) is 0.593. The van der Waals surface area contributed by atoms with Crippen molar-refractivity contribution in [2.24, 2.45) is 5.92 Å². The van der Waals surface area contributed by atoms with Crippen molar-refractivity contribution >= 4 is 0 Å². The van der Waals surface area contributed by atoms with Gasteiger partial charge in [-0.25, -0.2) is 0 Å². The minimum absolute atomic E-state index is 0.911. The fraction of sp³-hybridized carbons (Fsp3) is 0.800. The minimum atomic E-state index is 0.911. The molecule has 1 nitrogen and oxygen atoms in total. The molecule has 1 rings (SSSR count). The molecule has 0 aromatic carbocycles. The molecule has 0 heterocycles. The van der Waals surface area contributed by atoms with Gasteiger partial charge in [0.25, 0.3) is 0 Å². The van der Waals surface area contributed by atoms with Crippen molar-refractivity contribution in [2.75, 3.05) is 7.11 Å². The second kappa shape index (κ2) is 3.80. The number of hydrogen-bond donors (Lipinski definition) is 0. The third-order valence-corrected chi connectivity index (χ3v) is 2.67. The standard InChI is InChI=1S/C10H18O/c1-4-9-5-6-10(11-3)8(2)7-9/h9H,4-7H2,1-3H3. The summed E-state index contributed by atoms with van der Waals surface area (Å²) < 4.78 is 5.28. The first-order valence-corrected chi connectivity index (χ1v) is 4.50.